The number of anilines is 2. The summed E-state index contributed by atoms with van der Waals surface area (Å²) >= 11 is 0. The van der Waals surface area contributed by atoms with Gasteiger partial charge in [0, 0.05) is 26.3 Å². The molecule has 0 radical (unpaired) electrons. The van der Waals surface area contributed by atoms with Gasteiger partial charge in [-0.25, -0.2) is 9.97 Å². The van der Waals surface area contributed by atoms with Gasteiger partial charge in [-0.3, -0.25) is 0 Å². The number of methoxy groups -OCH3 is 2. The third-order valence-electron chi connectivity index (χ3n) is 2.48. The molecule has 0 aliphatic carbocycles. The van der Waals surface area contributed by atoms with Gasteiger partial charge in [-0.15, -0.1) is 0 Å². The Kier molecular flexibility index (Phi) is 5.11. The third kappa shape index (κ3) is 3.83. The molecule has 6 heteroatoms. The molecule has 1 rings (SSSR count). The number of nitrogen functional groups attached to an aromatic ring is 1. The Hall–Kier alpha value is -1.40. The quantitative estimate of drug-likeness (QED) is 0.763. The predicted molar refractivity (Wildman–Crippen MR) is 67.1 cm³/mol. The normalized spacial score (nSPS) is 12.5. The second kappa shape index (κ2) is 6.36. The molecule has 0 amide bonds. The van der Waals surface area contributed by atoms with E-state index >= 15 is 0 Å². The van der Waals surface area contributed by atoms with Gasteiger partial charge in [0.05, 0.1) is 12.7 Å². The highest BCUT2D eigenvalue weighted by molar-refractivity contribution is 5.54. The number of rotatable bonds is 6. The molecule has 1 aromatic heterocycles. The van der Waals surface area contributed by atoms with Crippen LogP contribution in [0.4, 0.5) is 11.6 Å². The van der Waals surface area contributed by atoms with Gasteiger partial charge in [0.2, 0.25) is 0 Å². The van der Waals surface area contributed by atoms with E-state index in [1.807, 2.05) is 13.8 Å². The summed E-state index contributed by atoms with van der Waals surface area (Å²) in [5.74, 6) is 1.89. The molecule has 0 spiro atoms. The first-order chi connectivity index (χ1) is 8.08. The second-order valence-corrected chi connectivity index (χ2v) is 3.82. The van der Waals surface area contributed by atoms with Crippen molar-refractivity contribution in [2.75, 3.05) is 38.4 Å². The van der Waals surface area contributed by atoms with E-state index in [1.54, 1.807) is 14.2 Å². The number of ether oxygens (including phenoxy) is 2. The predicted octanol–water partition coefficient (Wildman–Crippen LogP) is 0.749. The first kappa shape index (κ1) is 13.7. The summed E-state index contributed by atoms with van der Waals surface area (Å²) in [5.41, 5.74) is 6.62. The summed E-state index contributed by atoms with van der Waals surface area (Å²) < 4.78 is 10.3. The molecule has 17 heavy (non-hydrogen) atoms. The molecule has 0 aliphatic heterocycles. The zero-order valence-electron chi connectivity index (χ0n) is 10.8. The van der Waals surface area contributed by atoms with Crippen molar-refractivity contribution < 1.29 is 9.47 Å². The molecule has 96 valence electrons. The van der Waals surface area contributed by atoms with E-state index in [2.05, 4.69) is 15.3 Å². The Labute approximate surface area is 102 Å². The van der Waals surface area contributed by atoms with Crippen LogP contribution >= 0.6 is 0 Å². The van der Waals surface area contributed by atoms with E-state index in [1.165, 1.54) is 0 Å². The molecule has 0 aromatic carbocycles. The SMILES string of the molecule is COCC(CNc1nc(C)nc(N)c1C)OC. The fourth-order valence-electron chi connectivity index (χ4n) is 1.43. The highest BCUT2D eigenvalue weighted by Crippen LogP contribution is 2.16. The van der Waals surface area contributed by atoms with Gasteiger partial charge >= 0.3 is 0 Å². The lowest BCUT2D eigenvalue weighted by atomic mass is 10.3. The standard InChI is InChI=1S/C11H20N4O2/c1-7-10(12)14-8(2)15-11(7)13-5-9(17-4)6-16-3/h9H,5-6H2,1-4H3,(H3,12,13,14,15). The van der Waals surface area contributed by atoms with Crippen LogP contribution in [0.5, 0.6) is 0 Å². The van der Waals surface area contributed by atoms with Crippen molar-refractivity contribution in [1.29, 1.82) is 0 Å². The maximum Gasteiger partial charge on any atom is 0.134 e. The average Bonchev–Trinajstić information content (AvgIpc) is 2.30. The van der Waals surface area contributed by atoms with Crippen LogP contribution in [0.2, 0.25) is 0 Å². The molecule has 0 aliphatic rings. The van der Waals surface area contributed by atoms with Gasteiger partial charge < -0.3 is 20.5 Å². The molecule has 1 atom stereocenters. The summed E-state index contributed by atoms with van der Waals surface area (Å²) in [7, 11) is 3.29. The van der Waals surface area contributed by atoms with Crippen LogP contribution < -0.4 is 11.1 Å². The van der Waals surface area contributed by atoms with Crippen LogP contribution in [0, 0.1) is 13.8 Å². The minimum Gasteiger partial charge on any atom is -0.383 e. The van der Waals surface area contributed by atoms with Gasteiger partial charge in [-0.2, -0.15) is 0 Å². The fraction of sp³-hybridized carbons (Fsp3) is 0.636. The van der Waals surface area contributed by atoms with Crippen molar-refractivity contribution in [3.05, 3.63) is 11.4 Å². The fourth-order valence-corrected chi connectivity index (χ4v) is 1.43. The third-order valence-corrected chi connectivity index (χ3v) is 2.48. The largest absolute Gasteiger partial charge is 0.383 e. The lowest BCUT2D eigenvalue weighted by Gasteiger charge is -2.17. The highest BCUT2D eigenvalue weighted by Gasteiger charge is 2.10. The Morgan fingerprint density at radius 3 is 2.59 bits per heavy atom. The number of aromatic nitrogens is 2. The van der Waals surface area contributed by atoms with Crippen molar-refractivity contribution in [2.45, 2.75) is 20.0 Å². The number of aryl methyl sites for hydroxylation is 1. The van der Waals surface area contributed by atoms with E-state index in [-0.39, 0.29) is 6.10 Å². The molecule has 1 heterocycles. The number of nitrogens with two attached hydrogens (primary N) is 1. The van der Waals surface area contributed by atoms with Crippen LogP contribution in [0.25, 0.3) is 0 Å². The molecule has 0 saturated heterocycles. The Balaban J connectivity index is 2.68. The smallest absolute Gasteiger partial charge is 0.134 e. The van der Waals surface area contributed by atoms with Crippen LogP contribution in [0.15, 0.2) is 0 Å². The van der Waals surface area contributed by atoms with E-state index in [0.29, 0.717) is 24.8 Å². The molecule has 1 unspecified atom stereocenters. The molecule has 6 nitrogen and oxygen atoms in total. The average molecular weight is 240 g/mol. The maximum atomic E-state index is 5.77. The monoisotopic (exact) mass is 240 g/mol. The van der Waals surface area contributed by atoms with E-state index in [0.717, 1.165) is 11.4 Å². The second-order valence-electron chi connectivity index (χ2n) is 3.82. The first-order valence-electron chi connectivity index (χ1n) is 5.44. The molecule has 3 N–H and O–H groups in total. The van der Waals surface area contributed by atoms with E-state index in [9.17, 15) is 0 Å². The highest BCUT2D eigenvalue weighted by atomic mass is 16.5. The van der Waals surface area contributed by atoms with Gasteiger partial charge in [-0.05, 0) is 13.8 Å². The van der Waals surface area contributed by atoms with Gasteiger partial charge in [-0.1, -0.05) is 0 Å². The summed E-state index contributed by atoms with van der Waals surface area (Å²) in [6, 6.07) is 0. The molecule has 0 fully saturated rings. The summed E-state index contributed by atoms with van der Waals surface area (Å²) in [5, 5.41) is 3.19. The lowest BCUT2D eigenvalue weighted by Crippen LogP contribution is -2.27. The minimum atomic E-state index is -0.0177. The summed E-state index contributed by atoms with van der Waals surface area (Å²) in [6.07, 6.45) is -0.0177. The minimum absolute atomic E-state index is 0.0177. The Bertz CT molecular complexity index is 371. The van der Waals surface area contributed by atoms with Crippen LogP contribution in [-0.4, -0.2) is 43.4 Å². The zero-order chi connectivity index (χ0) is 12.8. The van der Waals surface area contributed by atoms with Gasteiger partial charge in [0.25, 0.3) is 0 Å². The first-order valence-corrected chi connectivity index (χ1v) is 5.44. The van der Waals surface area contributed by atoms with Crippen molar-refractivity contribution in [3.63, 3.8) is 0 Å². The molecule has 0 bridgehead atoms. The molecular weight excluding hydrogens is 220 g/mol. The summed E-state index contributed by atoms with van der Waals surface area (Å²) in [6.45, 7) is 4.84. The van der Waals surface area contributed by atoms with Crippen molar-refractivity contribution in [2.24, 2.45) is 0 Å². The number of nitrogens with one attached hydrogen (secondary N) is 1. The zero-order valence-corrected chi connectivity index (χ0v) is 10.8. The molecule has 0 saturated carbocycles. The molecular formula is C11H20N4O2. The van der Waals surface area contributed by atoms with Crippen LogP contribution in [0.1, 0.15) is 11.4 Å². The van der Waals surface area contributed by atoms with E-state index < -0.39 is 0 Å². The van der Waals surface area contributed by atoms with Crippen molar-refractivity contribution in [1.82, 2.24) is 9.97 Å². The Morgan fingerprint density at radius 1 is 1.29 bits per heavy atom. The molecule has 1 aromatic rings. The van der Waals surface area contributed by atoms with Gasteiger partial charge in [0.1, 0.15) is 17.5 Å². The number of hydrogen-bond donors (Lipinski definition) is 2. The van der Waals surface area contributed by atoms with Crippen molar-refractivity contribution >= 4 is 11.6 Å². The summed E-state index contributed by atoms with van der Waals surface area (Å²) in [4.78, 5) is 8.39. The topological polar surface area (TPSA) is 82.3 Å². The van der Waals surface area contributed by atoms with E-state index in [4.69, 9.17) is 15.2 Å². The van der Waals surface area contributed by atoms with Crippen molar-refractivity contribution in [3.8, 4) is 0 Å². The van der Waals surface area contributed by atoms with Gasteiger partial charge in [0.15, 0.2) is 0 Å². The van der Waals surface area contributed by atoms with Crippen LogP contribution in [-0.2, 0) is 9.47 Å². The maximum absolute atomic E-state index is 5.77. The Morgan fingerprint density at radius 2 is 2.00 bits per heavy atom. The van der Waals surface area contributed by atoms with Crippen LogP contribution in [0.3, 0.4) is 0 Å². The number of nitrogens with zero attached hydrogens (tertiary/aromatic N) is 2. The number of hydrogen-bond acceptors (Lipinski definition) is 6. The lowest BCUT2D eigenvalue weighted by molar-refractivity contribution is 0.0365.